The fourth-order valence-corrected chi connectivity index (χ4v) is 3.24. The van der Waals surface area contributed by atoms with Gasteiger partial charge in [-0.2, -0.15) is 9.38 Å². The smallest absolute Gasteiger partial charge is 0.372 e. The Morgan fingerprint density at radius 3 is 2.59 bits per heavy atom. The highest BCUT2D eigenvalue weighted by Crippen LogP contribution is 2.25. The number of hydrogen-bond acceptors (Lipinski definition) is 6. The van der Waals surface area contributed by atoms with E-state index in [1.54, 1.807) is 18.3 Å². The van der Waals surface area contributed by atoms with Gasteiger partial charge in [-0.3, -0.25) is 4.90 Å². The average Bonchev–Trinajstić information content (AvgIpc) is 3.07. The molecule has 1 aliphatic heterocycles. The third kappa shape index (κ3) is 3.91. The first-order valence-corrected chi connectivity index (χ1v) is 8.94. The molecule has 8 heteroatoms. The Balaban J connectivity index is 1.43. The van der Waals surface area contributed by atoms with E-state index in [4.69, 9.17) is 4.74 Å². The minimum Gasteiger partial charge on any atom is -0.379 e. The lowest BCUT2D eigenvalue weighted by Crippen LogP contribution is -2.35. The number of pyridine rings is 1. The van der Waals surface area contributed by atoms with E-state index in [1.807, 2.05) is 18.2 Å². The van der Waals surface area contributed by atoms with Gasteiger partial charge in [0.1, 0.15) is 0 Å². The molecule has 140 valence electrons. The van der Waals surface area contributed by atoms with Crippen molar-refractivity contribution in [2.24, 2.45) is 0 Å². The van der Waals surface area contributed by atoms with Gasteiger partial charge < -0.3 is 20.2 Å². The molecule has 1 N–H and O–H groups in total. The predicted octanol–water partition coefficient (Wildman–Crippen LogP) is 2.69. The van der Waals surface area contributed by atoms with Crippen molar-refractivity contribution in [3.8, 4) is 0 Å². The molecule has 27 heavy (non-hydrogen) atoms. The van der Waals surface area contributed by atoms with Crippen molar-refractivity contribution < 1.29 is 9.66 Å². The van der Waals surface area contributed by atoms with E-state index >= 15 is 0 Å². The maximum atomic E-state index is 11.4. The van der Waals surface area contributed by atoms with Crippen LogP contribution in [0.3, 0.4) is 0 Å². The Labute approximate surface area is 156 Å². The van der Waals surface area contributed by atoms with E-state index in [9.17, 15) is 10.1 Å². The molecule has 0 bridgehead atoms. The second kappa shape index (κ2) is 7.73. The summed E-state index contributed by atoms with van der Waals surface area (Å²) in [6.07, 6.45) is 1.64. The van der Waals surface area contributed by atoms with Gasteiger partial charge in [0.05, 0.1) is 19.4 Å². The second-order valence-electron chi connectivity index (χ2n) is 6.53. The number of nitrogens with zero attached hydrogens (tertiary/aromatic N) is 4. The third-order valence-electron chi connectivity index (χ3n) is 4.67. The summed E-state index contributed by atoms with van der Waals surface area (Å²) in [7, 11) is 0. The molecule has 4 rings (SSSR count). The number of ether oxygens (including phenoxy) is 1. The molecule has 0 aliphatic carbocycles. The highest BCUT2D eigenvalue weighted by atomic mass is 16.6. The molecule has 8 nitrogen and oxygen atoms in total. The first-order chi connectivity index (χ1) is 13.2. The number of imidazole rings is 1. The summed E-state index contributed by atoms with van der Waals surface area (Å²) in [4.78, 5) is 17.7. The number of rotatable bonds is 6. The van der Waals surface area contributed by atoms with Crippen LogP contribution >= 0.6 is 0 Å². The first kappa shape index (κ1) is 17.4. The zero-order valence-electron chi connectivity index (χ0n) is 14.9. The minimum absolute atomic E-state index is 0.0467. The summed E-state index contributed by atoms with van der Waals surface area (Å²) >= 11 is 0. The van der Waals surface area contributed by atoms with Gasteiger partial charge in [-0.05, 0) is 22.1 Å². The van der Waals surface area contributed by atoms with Gasteiger partial charge in [0.25, 0.3) is 0 Å². The van der Waals surface area contributed by atoms with Crippen LogP contribution in [0.25, 0.3) is 5.65 Å². The molecule has 0 saturated carbocycles. The van der Waals surface area contributed by atoms with Crippen LogP contribution in [0, 0.1) is 10.1 Å². The van der Waals surface area contributed by atoms with Crippen LogP contribution < -0.4 is 5.32 Å². The number of hydrogen-bond donors (Lipinski definition) is 1. The Hall–Kier alpha value is -2.97. The Kier molecular flexibility index (Phi) is 4.99. The third-order valence-corrected chi connectivity index (χ3v) is 4.67. The molecule has 0 unspecified atom stereocenters. The van der Waals surface area contributed by atoms with Crippen LogP contribution in [0.4, 0.5) is 11.6 Å². The Bertz CT molecular complexity index is 932. The molecular formula is C19H21N5O3. The number of anilines is 1. The number of aromatic nitrogens is 2. The zero-order valence-corrected chi connectivity index (χ0v) is 14.9. The minimum atomic E-state index is -0.409. The molecule has 3 aromatic rings. The van der Waals surface area contributed by atoms with Gasteiger partial charge in [-0.25, -0.2) is 0 Å². The first-order valence-electron chi connectivity index (χ1n) is 8.94. The Morgan fingerprint density at radius 1 is 1.11 bits per heavy atom. The maximum Gasteiger partial charge on any atom is 0.372 e. The Morgan fingerprint density at radius 2 is 1.85 bits per heavy atom. The number of nitro groups is 1. The molecule has 3 heterocycles. The van der Waals surface area contributed by atoms with Crippen molar-refractivity contribution in [2.45, 2.75) is 13.1 Å². The highest BCUT2D eigenvalue weighted by Gasteiger charge is 2.21. The van der Waals surface area contributed by atoms with Gasteiger partial charge in [0, 0.05) is 32.2 Å². The highest BCUT2D eigenvalue weighted by molar-refractivity contribution is 5.62. The number of fused-ring (bicyclic) bond motifs is 1. The zero-order chi connectivity index (χ0) is 18.6. The molecule has 0 radical (unpaired) electrons. The summed E-state index contributed by atoms with van der Waals surface area (Å²) in [5.74, 6) is 0.234. The van der Waals surface area contributed by atoms with E-state index in [0.717, 1.165) is 38.4 Å². The van der Waals surface area contributed by atoms with E-state index < -0.39 is 4.92 Å². The maximum absolute atomic E-state index is 11.4. The van der Waals surface area contributed by atoms with Crippen molar-refractivity contribution in [1.82, 2.24) is 14.3 Å². The van der Waals surface area contributed by atoms with Crippen LogP contribution in [-0.4, -0.2) is 45.5 Å². The van der Waals surface area contributed by atoms with Crippen LogP contribution in [0.15, 0.2) is 48.7 Å². The molecule has 1 saturated heterocycles. The topological polar surface area (TPSA) is 84.9 Å². The molecule has 0 amide bonds. The molecule has 0 spiro atoms. The molecule has 0 atom stereocenters. The van der Waals surface area contributed by atoms with Gasteiger partial charge in [0.2, 0.25) is 11.5 Å². The summed E-state index contributed by atoms with van der Waals surface area (Å²) in [6, 6.07) is 13.6. The standard InChI is InChI=1S/C19H21N5O3/c25-24(26)19-18(21-17-3-1-2-8-23(17)19)20-13-15-4-6-16(7-5-15)14-22-9-11-27-12-10-22/h1-8,20H,9-14H2. The van der Waals surface area contributed by atoms with Crippen LogP contribution in [0.2, 0.25) is 0 Å². The summed E-state index contributed by atoms with van der Waals surface area (Å²) < 4.78 is 6.85. The summed E-state index contributed by atoms with van der Waals surface area (Å²) in [5.41, 5.74) is 2.85. The molecular weight excluding hydrogens is 346 g/mol. The van der Waals surface area contributed by atoms with Crippen LogP contribution in [0.1, 0.15) is 11.1 Å². The average molecular weight is 367 g/mol. The van der Waals surface area contributed by atoms with Crippen molar-refractivity contribution in [3.63, 3.8) is 0 Å². The molecule has 1 fully saturated rings. The van der Waals surface area contributed by atoms with E-state index in [1.165, 1.54) is 9.96 Å². The quantitative estimate of drug-likeness (QED) is 0.533. The lowest BCUT2D eigenvalue weighted by atomic mass is 10.1. The molecule has 1 aromatic carbocycles. The number of benzene rings is 1. The fraction of sp³-hybridized carbons (Fsp3) is 0.316. The van der Waals surface area contributed by atoms with Crippen molar-refractivity contribution in [3.05, 3.63) is 69.9 Å². The van der Waals surface area contributed by atoms with E-state index in [2.05, 4.69) is 27.3 Å². The fourth-order valence-electron chi connectivity index (χ4n) is 3.24. The van der Waals surface area contributed by atoms with Gasteiger partial charge in [-0.15, -0.1) is 0 Å². The van der Waals surface area contributed by atoms with Crippen LogP contribution in [0.5, 0.6) is 0 Å². The number of morpholine rings is 1. The molecule has 1 aliphatic rings. The van der Waals surface area contributed by atoms with Crippen LogP contribution in [-0.2, 0) is 17.8 Å². The predicted molar refractivity (Wildman–Crippen MR) is 102 cm³/mol. The largest absolute Gasteiger partial charge is 0.379 e. The normalized spacial score (nSPS) is 15.1. The number of nitrogens with one attached hydrogen (secondary N) is 1. The van der Waals surface area contributed by atoms with Gasteiger partial charge >= 0.3 is 5.82 Å². The van der Waals surface area contributed by atoms with Gasteiger partial charge in [0.15, 0.2) is 0 Å². The van der Waals surface area contributed by atoms with E-state index in [-0.39, 0.29) is 11.6 Å². The molecule has 2 aromatic heterocycles. The lowest BCUT2D eigenvalue weighted by Gasteiger charge is -2.26. The second-order valence-corrected chi connectivity index (χ2v) is 6.53. The summed E-state index contributed by atoms with van der Waals surface area (Å²) in [5, 5.41) is 14.5. The van der Waals surface area contributed by atoms with Crippen molar-refractivity contribution in [1.29, 1.82) is 0 Å². The lowest BCUT2D eigenvalue weighted by molar-refractivity contribution is -0.389. The van der Waals surface area contributed by atoms with Crippen molar-refractivity contribution in [2.75, 3.05) is 31.6 Å². The SMILES string of the molecule is O=[N+]([O-])c1c(NCc2ccc(CN3CCOCC3)cc2)nc2ccccn12. The monoisotopic (exact) mass is 367 g/mol. The van der Waals surface area contributed by atoms with Gasteiger partial charge in [-0.1, -0.05) is 30.3 Å². The van der Waals surface area contributed by atoms with E-state index in [0.29, 0.717) is 12.2 Å². The summed E-state index contributed by atoms with van der Waals surface area (Å²) in [6.45, 7) is 4.89. The van der Waals surface area contributed by atoms with Crippen molar-refractivity contribution >= 4 is 17.3 Å².